The van der Waals surface area contributed by atoms with Gasteiger partial charge in [0, 0.05) is 5.92 Å². The van der Waals surface area contributed by atoms with E-state index in [0.29, 0.717) is 23.3 Å². The molecule has 0 atom stereocenters. The maximum atomic E-state index is 11.2. The first kappa shape index (κ1) is 15.0. The maximum absolute atomic E-state index is 11.2. The minimum Gasteiger partial charge on any atom is -0.369 e. The van der Waals surface area contributed by atoms with Crippen molar-refractivity contribution in [3.05, 3.63) is 35.1 Å². The summed E-state index contributed by atoms with van der Waals surface area (Å²) in [5, 5.41) is 4.59. The van der Waals surface area contributed by atoms with Crippen LogP contribution >= 0.6 is 11.6 Å². The average Bonchev–Trinajstić information content (AvgIpc) is 2.96. The summed E-state index contributed by atoms with van der Waals surface area (Å²) < 4.78 is 5.29. The second-order valence-corrected chi connectivity index (χ2v) is 5.86. The number of primary amides is 1. The van der Waals surface area contributed by atoms with Crippen LogP contribution in [0.5, 0.6) is 0 Å². The normalized spacial score (nSPS) is 16.8. The van der Waals surface area contributed by atoms with Crippen LogP contribution in [0.15, 0.2) is 28.8 Å². The molecule has 116 valence electrons. The van der Waals surface area contributed by atoms with Crippen molar-refractivity contribution in [2.45, 2.75) is 19.4 Å². The molecular formula is C15H17ClN4O2. The van der Waals surface area contributed by atoms with Gasteiger partial charge in [-0.25, -0.2) is 0 Å². The van der Waals surface area contributed by atoms with E-state index in [4.69, 9.17) is 21.9 Å². The van der Waals surface area contributed by atoms with Crippen LogP contribution in [0.3, 0.4) is 0 Å². The number of aromatic nitrogens is 2. The van der Waals surface area contributed by atoms with Crippen LogP contribution in [0.25, 0.3) is 11.5 Å². The Morgan fingerprint density at radius 1 is 1.36 bits per heavy atom. The number of benzene rings is 1. The molecule has 0 spiro atoms. The van der Waals surface area contributed by atoms with Crippen LogP contribution in [0.1, 0.15) is 18.7 Å². The predicted octanol–water partition coefficient (Wildman–Crippen LogP) is 2.09. The van der Waals surface area contributed by atoms with Gasteiger partial charge in [0.2, 0.25) is 5.91 Å². The third-order valence-corrected chi connectivity index (χ3v) is 4.26. The van der Waals surface area contributed by atoms with Gasteiger partial charge >= 0.3 is 0 Å². The summed E-state index contributed by atoms with van der Waals surface area (Å²) in [6.07, 6.45) is 1.56. The van der Waals surface area contributed by atoms with Gasteiger partial charge in [-0.1, -0.05) is 28.9 Å². The van der Waals surface area contributed by atoms with E-state index in [-0.39, 0.29) is 11.8 Å². The first-order chi connectivity index (χ1) is 10.6. The van der Waals surface area contributed by atoms with Crippen LogP contribution in [0, 0.1) is 5.92 Å². The van der Waals surface area contributed by atoms with E-state index in [2.05, 4.69) is 15.0 Å². The predicted molar refractivity (Wildman–Crippen MR) is 81.9 cm³/mol. The molecule has 0 saturated carbocycles. The van der Waals surface area contributed by atoms with Gasteiger partial charge in [0.05, 0.1) is 17.1 Å². The Hall–Kier alpha value is -1.92. The second-order valence-electron chi connectivity index (χ2n) is 5.45. The highest BCUT2D eigenvalue weighted by molar-refractivity contribution is 6.33. The summed E-state index contributed by atoms with van der Waals surface area (Å²) in [4.78, 5) is 17.8. The molecule has 2 aromatic rings. The Morgan fingerprint density at radius 2 is 2.09 bits per heavy atom. The van der Waals surface area contributed by atoms with Gasteiger partial charge in [-0.2, -0.15) is 4.98 Å². The van der Waals surface area contributed by atoms with Crippen LogP contribution < -0.4 is 5.73 Å². The number of amides is 1. The number of rotatable bonds is 4. The van der Waals surface area contributed by atoms with Crippen molar-refractivity contribution in [1.29, 1.82) is 0 Å². The van der Waals surface area contributed by atoms with Crippen molar-refractivity contribution in [1.82, 2.24) is 15.0 Å². The van der Waals surface area contributed by atoms with Gasteiger partial charge in [-0.15, -0.1) is 0 Å². The zero-order valence-electron chi connectivity index (χ0n) is 12.0. The molecule has 1 aromatic carbocycles. The lowest BCUT2D eigenvalue weighted by Crippen LogP contribution is -2.38. The molecule has 0 unspecified atom stereocenters. The highest BCUT2D eigenvalue weighted by Gasteiger charge is 2.24. The standard InChI is InChI=1S/C15H17ClN4O2/c16-12-4-2-1-3-11(12)15-18-13(19-22-15)9-20-7-5-10(6-8-20)14(17)21/h1-4,10H,5-9H2,(H2,17,21). The van der Waals surface area contributed by atoms with Crippen molar-refractivity contribution >= 4 is 17.5 Å². The Bertz CT molecular complexity index is 665. The number of hydrogen-bond donors (Lipinski definition) is 1. The van der Waals surface area contributed by atoms with Crippen molar-refractivity contribution < 1.29 is 9.32 Å². The molecule has 1 amide bonds. The molecule has 2 heterocycles. The van der Waals surface area contributed by atoms with E-state index < -0.39 is 0 Å². The van der Waals surface area contributed by atoms with Gasteiger partial charge in [0.25, 0.3) is 5.89 Å². The molecule has 0 bridgehead atoms. The third-order valence-electron chi connectivity index (χ3n) is 3.93. The van der Waals surface area contributed by atoms with Crippen LogP contribution in [0.4, 0.5) is 0 Å². The number of nitrogens with zero attached hydrogens (tertiary/aromatic N) is 3. The molecule has 1 saturated heterocycles. The number of carbonyl (C=O) groups is 1. The average molecular weight is 321 g/mol. The van der Waals surface area contributed by atoms with E-state index in [9.17, 15) is 4.79 Å². The van der Waals surface area contributed by atoms with Crippen molar-refractivity contribution in [2.24, 2.45) is 11.7 Å². The Labute approximate surface area is 133 Å². The molecule has 2 N–H and O–H groups in total. The van der Waals surface area contributed by atoms with E-state index in [1.807, 2.05) is 18.2 Å². The number of halogens is 1. The van der Waals surface area contributed by atoms with E-state index in [1.54, 1.807) is 6.07 Å². The van der Waals surface area contributed by atoms with Crippen molar-refractivity contribution in [2.75, 3.05) is 13.1 Å². The minimum atomic E-state index is -0.208. The van der Waals surface area contributed by atoms with Crippen molar-refractivity contribution in [3.8, 4) is 11.5 Å². The molecule has 0 radical (unpaired) electrons. The van der Waals surface area contributed by atoms with Crippen LogP contribution in [-0.2, 0) is 11.3 Å². The fourth-order valence-electron chi connectivity index (χ4n) is 2.64. The Kier molecular flexibility index (Phi) is 4.40. The van der Waals surface area contributed by atoms with Crippen LogP contribution in [-0.4, -0.2) is 34.0 Å². The fourth-order valence-corrected chi connectivity index (χ4v) is 2.85. The van der Waals surface area contributed by atoms with E-state index >= 15 is 0 Å². The fraction of sp³-hybridized carbons (Fsp3) is 0.400. The number of carbonyl (C=O) groups excluding carboxylic acids is 1. The molecule has 22 heavy (non-hydrogen) atoms. The molecule has 1 aliphatic rings. The SMILES string of the molecule is NC(=O)C1CCN(Cc2noc(-c3ccccc3Cl)n2)CC1. The lowest BCUT2D eigenvalue weighted by molar-refractivity contribution is -0.123. The largest absolute Gasteiger partial charge is 0.369 e. The second kappa shape index (κ2) is 6.46. The van der Waals surface area contributed by atoms with E-state index in [0.717, 1.165) is 31.5 Å². The lowest BCUT2D eigenvalue weighted by Gasteiger charge is -2.29. The molecular weight excluding hydrogens is 304 g/mol. The molecule has 7 heteroatoms. The van der Waals surface area contributed by atoms with Gasteiger partial charge < -0.3 is 10.3 Å². The summed E-state index contributed by atoms with van der Waals surface area (Å²) in [7, 11) is 0. The maximum Gasteiger partial charge on any atom is 0.259 e. The summed E-state index contributed by atoms with van der Waals surface area (Å²) in [6.45, 7) is 2.21. The monoisotopic (exact) mass is 320 g/mol. The molecule has 0 aliphatic carbocycles. The summed E-state index contributed by atoms with van der Waals surface area (Å²) in [5.41, 5.74) is 6.07. The summed E-state index contributed by atoms with van der Waals surface area (Å²) in [5.74, 6) is 0.820. The summed E-state index contributed by atoms with van der Waals surface area (Å²) in [6, 6.07) is 7.36. The Balaban J connectivity index is 1.63. The molecule has 1 aliphatic heterocycles. The number of nitrogens with two attached hydrogens (primary N) is 1. The highest BCUT2D eigenvalue weighted by Crippen LogP contribution is 2.26. The Morgan fingerprint density at radius 3 is 2.77 bits per heavy atom. The van der Waals surface area contributed by atoms with Gasteiger partial charge in [-0.3, -0.25) is 9.69 Å². The molecule has 1 aromatic heterocycles. The van der Waals surface area contributed by atoms with Gasteiger partial charge in [0.1, 0.15) is 0 Å². The molecule has 3 rings (SSSR count). The summed E-state index contributed by atoms with van der Waals surface area (Å²) >= 11 is 6.12. The van der Waals surface area contributed by atoms with E-state index in [1.165, 1.54) is 0 Å². The molecule has 1 fully saturated rings. The van der Waals surface area contributed by atoms with Gasteiger partial charge in [0.15, 0.2) is 5.82 Å². The highest BCUT2D eigenvalue weighted by atomic mass is 35.5. The van der Waals surface area contributed by atoms with Crippen molar-refractivity contribution in [3.63, 3.8) is 0 Å². The van der Waals surface area contributed by atoms with Crippen LogP contribution in [0.2, 0.25) is 5.02 Å². The number of piperidine rings is 1. The first-order valence-electron chi connectivity index (χ1n) is 7.22. The minimum absolute atomic E-state index is 0.0137. The smallest absolute Gasteiger partial charge is 0.259 e. The first-order valence-corrected chi connectivity index (χ1v) is 7.60. The quantitative estimate of drug-likeness (QED) is 0.932. The third kappa shape index (κ3) is 3.28. The topological polar surface area (TPSA) is 85.3 Å². The zero-order valence-corrected chi connectivity index (χ0v) is 12.8. The molecule has 6 nitrogen and oxygen atoms in total. The number of hydrogen-bond acceptors (Lipinski definition) is 5. The van der Waals surface area contributed by atoms with Gasteiger partial charge in [-0.05, 0) is 38.1 Å². The lowest BCUT2D eigenvalue weighted by atomic mass is 9.96. The number of likely N-dealkylation sites (tertiary alicyclic amines) is 1. The zero-order chi connectivity index (χ0) is 15.5.